The molecule has 1 aromatic heterocycles. The van der Waals surface area contributed by atoms with E-state index in [2.05, 4.69) is 10.3 Å². The van der Waals surface area contributed by atoms with Gasteiger partial charge in [-0.3, -0.25) is 4.79 Å². The first-order valence-electron chi connectivity index (χ1n) is 7.10. The van der Waals surface area contributed by atoms with E-state index < -0.39 is 0 Å². The van der Waals surface area contributed by atoms with E-state index in [0.29, 0.717) is 20.8 Å². The van der Waals surface area contributed by atoms with E-state index >= 15 is 0 Å². The lowest BCUT2D eigenvalue weighted by Gasteiger charge is -2.04. The van der Waals surface area contributed by atoms with Crippen LogP contribution in [0, 0.1) is 0 Å². The number of thioether (sulfide) groups is 1. The Bertz CT molecular complexity index is 914. The van der Waals surface area contributed by atoms with Crippen molar-refractivity contribution in [3.8, 4) is 11.3 Å². The standard InChI is InChI=1S/C17H11Cl3N2OS2/c18-10-2-1-3-12(6-10)21-16(23)9-25-17-22-15(8-24-17)13-5-4-11(19)7-14(13)20/h1-8H,9H2,(H,21,23). The lowest BCUT2D eigenvalue weighted by atomic mass is 10.2. The van der Waals surface area contributed by atoms with Crippen molar-refractivity contribution in [3.63, 3.8) is 0 Å². The van der Waals surface area contributed by atoms with Crippen LogP contribution in [0.5, 0.6) is 0 Å². The van der Waals surface area contributed by atoms with Gasteiger partial charge >= 0.3 is 0 Å². The summed E-state index contributed by atoms with van der Waals surface area (Å²) >= 11 is 20.9. The molecule has 3 nitrogen and oxygen atoms in total. The minimum Gasteiger partial charge on any atom is -0.325 e. The molecule has 1 amide bonds. The fraction of sp³-hybridized carbons (Fsp3) is 0.0588. The first-order chi connectivity index (χ1) is 12.0. The van der Waals surface area contributed by atoms with E-state index in [1.165, 1.54) is 23.1 Å². The second-order valence-electron chi connectivity index (χ2n) is 4.97. The Morgan fingerprint density at radius 1 is 1.12 bits per heavy atom. The topological polar surface area (TPSA) is 42.0 Å². The lowest BCUT2D eigenvalue weighted by molar-refractivity contribution is -0.113. The number of rotatable bonds is 5. The van der Waals surface area contributed by atoms with Gasteiger partial charge in [0, 0.05) is 26.7 Å². The average Bonchev–Trinajstić information content (AvgIpc) is 3.01. The highest BCUT2D eigenvalue weighted by Gasteiger charge is 2.11. The fourth-order valence-electron chi connectivity index (χ4n) is 2.04. The number of amides is 1. The molecule has 128 valence electrons. The highest BCUT2D eigenvalue weighted by atomic mass is 35.5. The van der Waals surface area contributed by atoms with E-state index in [-0.39, 0.29) is 11.7 Å². The maximum atomic E-state index is 12.0. The van der Waals surface area contributed by atoms with Crippen molar-refractivity contribution in [2.45, 2.75) is 4.34 Å². The Morgan fingerprint density at radius 3 is 2.68 bits per heavy atom. The number of nitrogens with zero attached hydrogens (tertiary/aromatic N) is 1. The first-order valence-corrected chi connectivity index (χ1v) is 10.1. The summed E-state index contributed by atoms with van der Waals surface area (Å²) < 4.78 is 0.794. The number of anilines is 1. The van der Waals surface area contributed by atoms with Crippen LogP contribution in [-0.4, -0.2) is 16.6 Å². The molecule has 0 spiro atoms. The van der Waals surface area contributed by atoms with Gasteiger partial charge in [-0.25, -0.2) is 4.98 Å². The molecule has 2 aromatic carbocycles. The molecule has 3 aromatic rings. The predicted octanol–water partition coefficient (Wildman–Crippen LogP) is 6.50. The summed E-state index contributed by atoms with van der Waals surface area (Å²) in [5.74, 6) is 0.141. The molecule has 0 radical (unpaired) electrons. The van der Waals surface area contributed by atoms with Gasteiger partial charge in [-0.1, -0.05) is 52.6 Å². The summed E-state index contributed by atoms with van der Waals surface area (Å²) in [4.78, 5) is 16.5. The number of aromatic nitrogens is 1. The quantitative estimate of drug-likeness (QED) is 0.471. The zero-order valence-electron chi connectivity index (χ0n) is 12.6. The van der Waals surface area contributed by atoms with Gasteiger partial charge in [0.2, 0.25) is 5.91 Å². The molecule has 0 aliphatic carbocycles. The second-order valence-corrected chi connectivity index (χ2v) is 8.33. The van der Waals surface area contributed by atoms with Gasteiger partial charge < -0.3 is 5.32 Å². The third kappa shape index (κ3) is 5.12. The van der Waals surface area contributed by atoms with E-state index in [9.17, 15) is 4.79 Å². The molecule has 0 unspecified atom stereocenters. The Balaban J connectivity index is 1.61. The van der Waals surface area contributed by atoms with Crippen LogP contribution >= 0.6 is 57.9 Å². The van der Waals surface area contributed by atoms with E-state index in [1.54, 1.807) is 36.4 Å². The third-order valence-corrected chi connectivity index (χ3v) is 5.93. The molecular formula is C17H11Cl3N2OS2. The maximum absolute atomic E-state index is 12.0. The number of benzene rings is 2. The number of thiazole rings is 1. The molecule has 1 heterocycles. The monoisotopic (exact) mass is 428 g/mol. The Hall–Kier alpha value is -1.24. The summed E-state index contributed by atoms with van der Waals surface area (Å²) in [6, 6.07) is 12.3. The summed E-state index contributed by atoms with van der Waals surface area (Å²) in [7, 11) is 0. The van der Waals surface area contributed by atoms with Crippen LogP contribution in [-0.2, 0) is 4.79 Å². The van der Waals surface area contributed by atoms with Gasteiger partial charge in [-0.15, -0.1) is 11.3 Å². The molecule has 0 saturated heterocycles. The molecule has 0 aliphatic heterocycles. The zero-order valence-corrected chi connectivity index (χ0v) is 16.5. The molecule has 0 bridgehead atoms. The van der Waals surface area contributed by atoms with Crippen LogP contribution in [0.1, 0.15) is 0 Å². The molecular weight excluding hydrogens is 419 g/mol. The molecule has 1 N–H and O–H groups in total. The van der Waals surface area contributed by atoms with Crippen molar-refractivity contribution >= 4 is 69.5 Å². The first kappa shape index (κ1) is 18.5. The van der Waals surface area contributed by atoms with Crippen molar-refractivity contribution in [1.82, 2.24) is 4.98 Å². The number of carbonyl (C=O) groups excluding carboxylic acids is 1. The normalized spacial score (nSPS) is 10.7. The van der Waals surface area contributed by atoms with Gasteiger partial charge in [0.15, 0.2) is 4.34 Å². The van der Waals surface area contributed by atoms with Crippen molar-refractivity contribution < 1.29 is 4.79 Å². The molecule has 25 heavy (non-hydrogen) atoms. The number of nitrogens with one attached hydrogen (secondary N) is 1. The van der Waals surface area contributed by atoms with Gasteiger partial charge in [-0.2, -0.15) is 0 Å². The zero-order chi connectivity index (χ0) is 17.8. The Kier molecular flexibility index (Phi) is 6.25. The van der Waals surface area contributed by atoms with Gasteiger partial charge in [0.1, 0.15) is 0 Å². The molecule has 3 rings (SSSR count). The Morgan fingerprint density at radius 2 is 1.92 bits per heavy atom. The van der Waals surface area contributed by atoms with Crippen LogP contribution in [0.15, 0.2) is 52.2 Å². The van der Waals surface area contributed by atoms with Gasteiger partial charge in [0.25, 0.3) is 0 Å². The van der Waals surface area contributed by atoms with Crippen LogP contribution in [0.25, 0.3) is 11.3 Å². The Labute approximate surface area is 168 Å². The maximum Gasteiger partial charge on any atom is 0.234 e. The van der Waals surface area contributed by atoms with Crippen LogP contribution < -0.4 is 5.32 Å². The fourth-order valence-corrected chi connectivity index (χ4v) is 4.36. The minimum atomic E-state index is -0.117. The summed E-state index contributed by atoms with van der Waals surface area (Å²) in [6.07, 6.45) is 0. The number of hydrogen-bond acceptors (Lipinski definition) is 4. The van der Waals surface area contributed by atoms with Gasteiger partial charge in [0.05, 0.1) is 16.5 Å². The number of hydrogen-bond donors (Lipinski definition) is 1. The van der Waals surface area contributed by atoms with Crippen molar-refractivity contribution in [1.29, 1.82) is 0 Å². The lowest BCUT2D eigenvalue weighted by Crippen LogP contribution is -2.13. The molecule has 0 atom stereocenters. The van der Waals surface area contributed by atoms with E-state index in [1.807, 2.05) is 11.4 Å². The smallest absolute Gasteiger partial charge is 0.234 e. The largest absolute Gasteiger partial charge is 0.325 e. The highest BCUT2D eigenvalue weighted by Crippen LogP contribution is 2.33. The van der Waals surface area contributed by atoms with Crippen LogP contribution in [0.2, 0.25) is 15.1 Å². The van der Waals surface area contributed by atoms with E-state index in [4.69, 9.17) is 34.8 Å². The van der Waals surface area contributed by atoms with Crippen molar-refractivity contribution in [2.75, 3.05) is 11.1 Å². The van der Waals surface area contributed by atoms with Crippen LogP contribution in [0.4, 0.5) is 5.69 Å². The molecule has 0 saturated carbocycles. The number of carbonyl (C=O) groups is 1. The highest BCUT2D eigenvalue weighted by molar-refractivity contribution is 8.01. The number of halogens is 3. The minimum absolute atomic E-state index is 0.117. The SMILES string of the molecule is O=C(CSc1nc(-c2ccc(Cl)cc2Cl)cs1)Nc1cccc(Cl)c1. The second kappa shape index (κ2) is 8.43. The summed E-state index contributed by atoms with van der Waals surface area (Å²) in [6.45, 7) is 0. The molecule has 8 heteroatoms. The summed E-state index contributed by atoms with van der Waals surface area (Å²) in [5, 5.41) is 6.42. The van der Waals surface area contributed by atoms with E-state index in [0.717, 1.165) is 15.6 Å². The molecule has 0 aliphatic rings. The van der Waals surface area contributed by atoms with Crippen LogP contribution in [0.3, 0.4) is 0 Å². The molecule has 0 fully saturated rings. The summed E-state index contributed by atoms with van der Waals surface area (Å²) in [5.41, 5.74) is 2.26. The van der Waals surface area contributed by atoms with Gasteiger partial charge in [-0.05, 0) is 36.4 Å². The van der Waals surface area contributed by atoms with Crippen molar-refractivity contribution in [2.24, 2.45) is 0 Å². The van der Waals surface area contributed by atoms with Crippen molar-refractivity contribution in [3.05, 3.63) is 62.9 Å². The third-order valence-electron chi connectivity index (χ3n) is 3.13. The average molecular weight is 430 g/mol. The predicted molar refractivity (Wildman–Crippen MR) is 108 cm³/mol.